The summed E-state index contributed by atoms with van der Waals surface area (Å²) in [6, 6.07) is 0.462. The van der Waals surface area contributed by atoms with Gasteiger partial charge in [0.15, 0.2) is 0 Å². The highest BCUT2D eigenvalue weighted by atomic mass is 32.1. The molecule has 1 aliphatic carbocycles. The molecule has 6 heteroatoms. The maximum Gasteiger partial charge on any atom is 0.122 e. The first kappa shape index (κ1) is 16.1. The fraction of sp³-hybridized carbons (Fsp3) is 0.556. The SMILES string of the molecule is FC1C=CCCC1CN1NC(C2=CCCC=N2)CC1c1cncs1. The van der Waals surface area contributed by atoms with Crippen molar-refractivity contribution in [1.29, 1.82) is 0 Å². The number of rotatable bonds is 4. The second kappa shape index (κ2) is 7.25. The lowest BCUT2D eigenvalue weighted by atomic mass is 9.92. The summed E-state index contributed by atoms with van der Waals surface area (Å²) >= 11 is 1.68. The molecule has 3 heterocycles. The highest BCUT2D eigenvalue weighted by Crippen LogP contribution is 2.37. The smallest absolute Gasteiger partial charge is 0.122 e. The van der Waals surface area contributed by atoms with E-state index in [-0.39, 0.29) is 18.0 Å². The maximum atomic E-state index is 14.2. The van der Waals surface area contributed by atoms with Crippen LogP contribution in [0.25, 0.3) is 0 Å². The predicted octanol–water partition coefficient (Wildman–Crippen LogP) is 3.82. The van der Waals surface area contributed by atoms with E-state index in [0.29, 0.717) is 0 Å². The van der Waals surface area contributed by atoms with E-state index in [1.165, 1.54) is 4.88 Å². The van der Waals surface area contributed by atoms with Gasteiger partial charge in [0, 0.05) is 29.8 Å². The molecule has 0 radical (unpaired) electrons. The van der Waals surface area contributed by atoms with Gasteiger partial charge in [-0.2, -0.15) is 0 Å². The number of thiazole rings is 1. The van der Waals surface area contributed by atoms with Gasteiger partial charge in [0.05, 0.1) is 23.3 Å². The Morgan fingerprint density at radius 3 is 3.04 bits per heavy atom. The summed E-state index contributed by atoms with van der Waals surface area (Å²) in [6.07, 6.45) is 14.0. The van der Waals surface area contributed by atoms with Crippen LogP contribution in [0.15, 0.2) is 40.6 Å². The maximum absolute atomic E-state index is 14.2. The van der Waals surface area contributed by atoms with Gasteiger partial charge in [-0.1, -0.05) is 18.2 Å². The molecule has 1 fully saturated rings. The van der Waals surface area contributed by atoms with Crippen LogP contribution in [0.4, 0.5) is 4.39 Å². The molecule has 1 N–H and O–H groups in total. The van der Waals surface area contributed by atoms with Crippen molar-refractivity contribution in [2.24, 2.45) is 10.9 Å². The van der Waals surface area contributed by atoms with E-state index in [1.54, 1.807) is 17.4 Å². The first-order chi connectivity index (χ1) is 11.8. The lowest BCUT2D eigenvalue weighted by Crippen LogP contribution is -2.42. The molecule has 1 aromatic heterocycles. The highest BCUT2D eigenvalue weighted by molar-refractivity contribution is 7.09. The van der Waals surface area contributed by atoms with E-state index in [2.05, 4.69) is 26.5 Å². The summed E-state index contributed by atoms with van der Waals surface area (Å²) in [6.45, 7) is 0.724. The average molecular weight is 346 g/mol. The first-order valence-electron chi connectivity index (χ1n) is 8.76. The third-order valence-electron chi connectivity index (χ3n) is 5.09. The minimum absolute atomic E-state index is 0.0560. The van der Waals surface area contributed by atoms with Gasteiger partial charge in [-0.25, -0.2) is 14.8 Å². The van der Waals surface area contributed by atoms with Gasteiger partial charge in [0.1, 0.15) is 6.17 Å². The molecule has 4 nitrogen and oxygen atoms in total. The number of aliphatic imine (C=N–C) groups is 1. The Labute approximate surface area is 146 Å². The van der Waals surface area contributed by atoms with Crippen molar-refractivity contribution in [2.75, 3.05) is 6.54 Å². The molecule has 3 aliphatic rings. The zero-order valence-electron chi connectivity index (χ0n) is 13.6. The quantitative estimate of drug-likeness (QED) is 0.843. The largest absolute Gasteiger partial charge is 0.264 e. The molecule has 4 rings (SSSR count). The van der Waals surface area contributed by atoms with Crippen molar-refractivity contribution < 1.29 is 4.39 Å². The van der Waals surface area contributed by atoms with E-state index in [0.717, 1.165) is 44.3 Å². The number of alkyl halides is 1. The molecule has 128 valence electrons. The number of nitrogens with zero attached hydrogens (tertiary/aromatic N) is 3. The van der Waals surface area contributed by atoms with Crippen molar-refractivity contribution in [3.63, 3.8) is 0 Å². The van der Waals surface area contributed by atoms with Crippen molar-refractivity contribution in [3.8, 4) is 0 Å². The molecule has 1 aromatic rings. The Hall–Kier alpha value is -1.37. The molecule has 0 bridgehead atoms. The van der Waals surface area contributed by atoms with Gasteiger partial charge < -0.3 is 0 Å². The fourth-order valence-corrected chi connectivity index (χ4v) is 4.52. The van der Waals surface area contributed by atoms with Crippen LogP contribution in [0.5, 0.6) is 0 Å². The Bertz CT molecular complexity index is 639. The molecule has 2 aliphatic heterocycles. The Morgan fingerprint density at radius 2 is 2.29 bits per heavy atom. The van der Waals surface area contributed by atoms with Crippen molar-refractivity contribution in [3.05, 3.63) is 40.5 Å². The van der Waals surface area contributed by atoms with E-state index in [9.17, 15) is 4.39 Å². The lowest BCUT2D eigenvalue weighted by Gasteiger charge is -2.30. The fourth-order valence-electron chi connectivity index (χ4n) is 3.78. The number of aromatic nitrogens is 1. The summed E-state index contributed by atoms with van der Waals surface area (Å²) in [5.74, 6) is 0.0560. The Balaban J connectivity index is 1.52. The van der Waals surface area contributed by atoms with Gasteiger partial charge in [0.2, 0.25) is 0 Å². The van der Waals surface area contributed by atoms with Gasteiger partial charge in [-0.3, -0.25) is 9.98 Å². The average Bonchev–Trinajstić information content (AvgIpc) is 3.27. The van der Waals surface area contributed by atoms with Crippen LogP contribution in [0, 0.1) is 5.92 Å². The third-order valence-corrected chi connectivity index (χ3v) is 5.97. The van der Waals surface area contributed by atoms with Crippen molar-refractivity contribution in [1.82, 2.24) is 15.4 Å². The minimum atomic E-state index is -0.839. The zero-order chi connectivity index (χ0) is 16.4. The summed E-state index contributed by atoms with van der Waals surface area (Å²) in [7, 11) is 0. The Morgan fingerprint density at radius 1 is 1.33 bits per heavy atom. The normalized spacial score (nSPS) is 33.8. The van der Waals surface area contributed by atoms with Crippen LogP contribution in [0.2, 0.25) is 0 Å². The molecule has 0 spiro atoms. The molecule has 4 unspecified atom stereocenters. The number of hydrazine groups is 1. The lowest BCUT2D eigenvalue weighted by molar-refractivity contribution is 0.116. The molecule has 1 saturated heterocycles. The number of hydrogen-bond donors (Lipinski definition) is 1. The van der Waals surface area contributed by atoms with Gasteiger partial charge in [-0.15, -0.1) is 11.3 Å². The predicted molar refractivity (Wildman–Crippen MR) is 95.7 cm³/mol. The standard InChI is InChI=1S/C18H23FN4S/c19-14-6-2-1-5-13(14)11-23-17(18-10-20-12-24-18)9-16(22-23)15-7-3-4-8-21-15/h2,6-8,10,12-14,16-17,22H,1,3-5,9,11H2. The van der Waals surface area contributed by atoms with Crippen molar-refractivity contribution >= 4 is 17.6 Å². The number of allylic oxidation sites excluding steroid dienone is 3. The van der Waals surface area contributed by atoms with Gasteiger partial charge in [-0.05, 0) is 32.1 Å². The summed E-state index contributed by atoms with van der Waals surface area (Å²) in [5.41, 5.74) is 6.61. The van der Waals surface area contributed by atoms with E-state index in [1.807, 2.05) is 24.0 Å². The Kier molecular flexibility index (Phi) is 4.87. The van der Waals surface area contributed by atoms with Crippen LogP contribution in [-0.2, 0) is 0 Å². The van der Waals surface area contributed by atoms with E-state index >= 15 is 0 Å². The number of hydrogen-bond acceptors (Lipinski definition) is 5. The summed E-state index contributed by atoms with van der Waals surface area (Å²) in [4.78, 5) is 10.1. The van der Waals surface area contributed by atoms with E-state index < -0.39 is 6.17 Å². The van der Waals surface area contributed by atoms with E-state index in [4.69, 9.17) is 0 Å². The molecule has 4 atom stereocenters. The molecular formula is C18H23FN4S. The van der Waals surface area contributed by atoms with Crippen LogP contribution >= 0.6 is 11.3 Å². The molecule has 0 amide bonds. The van der Waals surface area contributed by atoms with Gasteiger partial charge >= 0.3 is 0 Å². The van der Waals surface area contributed by atoms with Gasteiger partial charge in [0.25, 0.3) is 0 Å². The van der Waals surface area contributed by atoms with Crippen molar-refractivity contribution in [2.45, 2.75) is 50.4 Å². The number of nitrogens with one attached hydrogen (secondary N) is 1. The monoisotopic (exact) mass is 346 g/mol. The molecular weight excluding hydrogens is 323 g/mol. The highest BCUT2D eigenvalue weighted by Gasteiger charge is 2.37. The second-order valence-corrected chi connectivity index (χ2v) is 7.64. The summed E-state index contributed by atoms with van der Waals surface area (Å²) in [5, 5.41) is 2.24. The summed E-state index contributed by atoms with van der Waals surface area (Å²) < 4.78 is 14.2. The minimum Gasteiger partial charge on any atom is -0.264 e. The zero-order valence-corrected chi connectivity index (χ0v) is 14.5. The first-order valence-corrected chi connectivity index (χ1v) is 9.64. The molecule has 0 aromatic carbocycles. The van der Waals surface area contributed by atoms with Crippen LogP contribution in [0.1, 0.15) is 43.0 Å². The third kappa shape index (κ3) is 3.36. The molecule has 0 saturated carbocycles. The van der Waals surface area contributed by atoms with Crippen LogP contribution < -0.4 is 5.43 Å². The number of halogens is 1. The second-order valence-electron chi connectivity index (χ2n) is 6.72. The topological polar surface area (TPSA) is 40.5 Å². The van der Waals surface area contributed by atoms with Crippen LogP contribution in [-0.4, -0.2) is 35.0 Å². The van der Waals surface area contributed by atoms with Crippen LogP contribution in [0.3, 0.4) is 0 Å². The molecule has 24 heavy (non-hydrogen) atoms.